The van der Waals surface area contributed by atoms with Crippen LogP contribution in [0.15, 0.2) is 36.5 Å². The Morgan fingerprint density at radius 2 is 2.00 bits per heavy atom. The Labute approximate surface area is 121 Å². The minimum absolute atomic E-state index is 0.301. The number of rotatable bonds is 4. The van der Waals surface area contributed by atoms with Crippen LogP contribution in [0, 0.1) is 0 Å². The summed E-state index contributed by atoms with van der Waals surface area (Å²) in [4.78, 5) is 27.1. The van der Waals surface area contributed by atoms with Crippen LogP contribution >= 0.6 is 0 Å². The van der Waals surface area contributed by atoms with E-state index >= 15 is 0 Å². The van der Waals surface area contributed by atoms with Crippen molar-refractivity contribution < 1.29 is 14.7 Å². The monoisotopic (exact) mass is 285 g/mol. The van der Waals surface area contributed by atoms with Crippen LogP contribution in [-0.2, 0) is 11.3 Å². The third-order valence-electron chi connectivity index (χ3n) is 3.67. The van der Waals surface area contributed by atoms with Gasteiger partial charge in [0.2, 0.25) is 0 Å². The molecule has 3 rings (SSSR count). The molecule has 21 heavy (non-hydrogen) atoms. The molecule has 2 aromatic rings. The van der Waals surface area contributed by atoms with Gasteiger partial charge < -0.3 is 15.7 Å². The second-order valence-corrected chi connectivity index (χ2v) is 5.19. The first-order chi connectivity index (χ1) is 10.1. The Bertz CT molecular complexity index is 705. The number of amides is 2. The van der Waals surface area contributed by atoms with E-state index in [-0.39, 0.29) is 0 Å². The zero-order chi connectivity index (χ0) is 14.9. The number of carboxylic acid groups (broad SMARTS) is 1. The number of aromatic nitrogens is 1. The number of carbonyl (C=O) groups excluding carboxylic acids is 1. The number of carboxylic acids is 1. The van der Waals surface area contributed by atoms with E-state index in [1.54, 1.807) is 6.20 Å². The van der Waals surface area contributed by atoms with Gasteiger partial charge in [0.05, 0.1) is 5.52 Å². The fourth-order valence-electron chi connectivity index (χ4n) is 2.26. The molecule has 0 aliphatic heterocycles. The van der Waals surface area contributed by atoms with Crippen molar-refractivity contribution in [3.63, 3.8) is 0 Å². The first-order valence-electron chi connectivity index (χ1n) is 6.73. The van der Waals surface area contributed by atoms with Crippen LogP contribution in [0.2, 0.25) is 0 Å². The van der Waals surface area contributed by atoms with E-state index in [0.717, 1.165) is 16.5 Å². The van der Waals surface area contributed by atoms with Crippen molar-refractivity contribution in [3.05, 3.63) is 42.1 Å². The molecule has 1 aromatic carbocycles. The highest BCUT2D eigenvalue weighted by molar-refractivity contribution is 5.89. The van der Waals surface area contributed by atoms with Gasteiger partial charge in [-0.1, -0.05) is 24.3 Å². The number of benzene rings is 1. The maximum atomic E-state index is 11.8. The van der Waals surface area contributed by atoms with E-state index in [0.29, 0.717) is 19.4 Å². The summed E-state index contributed by atoms with van der Waals surface area (Å²) >= 11 is 0. The molecular weight excluding hydrogens is 270 g/mol. The van der Waals surface area contributed by atoms with Crippen LogP contribution in [0.25, 0.3) is 10.9 Å². The van der Waals surface area contributed by atoms with Crippen LogP contribution < -0.4 is 10.6 Å². The predicted octanol–water partition coefficient (Wildman–Crippen LogP) is 1.65. The van der Waals surface area contributed by atoms with E-state index in [1.165, 1.54) is 0 Å². The lowest BCUT2D eigenvalue weighted by atomic mass is 10.1. The number of pyridine rings is 1. The van der Waals surface area contributed by atoms with Gasteiger partial charge in [-0.05, 0) is 24.5 Å². The fourth-order valence-corrected chi connectivity index (χ4v) is 2.26. The van der Waals surface area contributed by atoms with E-state index in [4.69, 9.17) is 5.11 Å². The number of nitrogens with one attached hydrogen (secondary N) is 2. The summed E-state index contributed by atoms with van der Waals surface area (Å²) in [5, 5.41) is 15.2. The smallest absolute Gasteiger partial charge is 0.329 e. The highest BCUT2D eigenvalue weighted by atomic mass is 16.4. The van der Waals surface area contributed by atoms with Gasteiger partial charge in [0.15, 0.2) is 0 Å². The highest BCUT2D eigenvalue weighted by Gasteiger charge is 2.51. The van der Waals surface area contributed by atoms with Gasteiger partial charge in [-0.25, -0.2) is 9.59 Å². The molecule has 0 atom stereocenters. The van der Waals surface area contributed by atoms with Crippen LogP contribution in [0.3, 0.4) is 0 Å². The van der Waals surface area contributed by atoms with E-state index in [1.807, 2.05) is 30.3 Å². The Balaban J connectivity index is 1.67. The van der Waals surface area contributed by atoms with E-state index in [2.05, 4.69) is 15.6 Å². The SMILES string of the molecule is O=C(NCc1cccc2cccnc12)NC1(C(=O)O)CC1. The lowest BCUT2D eigenvalue weighted by Crippen LogP contribution is -2.47. The highest BCUT2D eigenvalue weighted by Crippen LogP contribution is 2.35. The molecule has 1 saturated carbocycles. The number of para-hydroxylation sites is 1. The number of hydrogen-bond acceptors (Lipinski definition) is 3. The molecule has 1 aliphatic rings. The first-order valence-corrected chi connectivity index (χ1v) is 6.73. The number of aliphatic carboxylic acids is 1. The summed E-state index contributed by atoms with van der Waals surface area (Å²) in [6, 6.07) is 9.09. The minimum Gasteiger partial charge on any atom is -0.480 e. The zero-order valence-electron chi connectivity index (χ0n) is 11.3. The summed E-state index contributed by atoms with van der Waals surface area (Å²) in [6.45, 7) is 0.301. The molecule has 1 aromatic heterocycles. The van der Waals surface area contributed by atoms with Crippen LogP contribution in [0.5, 0.6) is 0 Å². The largest absolute Gasteiger partial charge is 0.480 e. The van der Waals surface area contributed by atoms with Gasteiger partial charge in [-0.3, -0.25) is 4.98 Å². The van der Waals surface area contributed by atoms with Crippen molar-refractivity contribution in [2.45, 2.75) is 24.9 Å². The summed E-state index contributed by atoms with van der Waals surface area (Å²) in [5.41, 5.74) is 0.657. The maximum Gasteiger partial charge on any atom is 0.329 e. The number of hydrogen-bond donors (Lipinski definition) is 3. The zero-order valence-corrected chi connectivity index (χ0v) is 11.3. The van der Waals surface area contributed by atoms with E-state index in [9.17, 15) is 9.59 Å². The molecule has 108 valence electrons. The van der Waals surface area contributed by atoms with Gasteiger partial charge >= 0.3 is 12.0 Å². The van der Waals surface area contributed by atoms with Gasteiger partial charge in [-0.2, -0.15) is 0 Å². The molecule has 2 amide bonds. The second kappa shape index (κ2) is 5.05. The van der Waals surface area contributed by atoms with Crippen molar-refractivity contribution in [2.75, 3.05) is 0 Å². The average Bonchev–Trinajstić information content (AvgIpc) is 3.26. The Kier molecular flexibility index (Phi) is 3.21. The third kappa shape index (κ3) is 2.65. The normalized spacial score (nSPS) is 15.4. The summed E-state index contributed by atoms with van der Waals surface area (Å²) in [5.74, 6) is -0.982. The Morgan fingerprint density at radius 1 is 1.24 bits per heavy atom. The molecule has 1 fully saturated rings. The van der Waals surface area contributed by atoms with Crippen LogP contribution in [0.1, 0.15) is 18.4 Å². The molecule has 0 radical (unpaired) electrons. The van der Waals surface area contributed by atoms with Crippen molar-refractivity contribution in [3.8, 4) is 0 Å². The molecule has 0 unspecified atom stereocenters. The number of nitrogens with zero attached hydrogens (tertiary/aromatic N) is 1. The average molecular weight is 285 g/mol. The second-order valence-electron chi connectivity index (χ2n) is 5.19. The van der Waals surface area contributed by atoms with Crippen molar-refractivity contribution in [1.82, 2.24) is 15.6 Å². The fraction of sp³-hybridized carbons (Fsp3) is 0.267. The molecule has 0 spiro atoms. The van der Waals surface area contributed by atoms with Crippen LogP contribution in [0.4, 0.5) is 4.79 Å². The van der Waals surface area contributed by atoms with Crippen molar-refractivity contribution in [2.24, 2.45) is 0 Å². The molecule has 6 nitrogen and oxygen atoms in total. The van der Waals surface area contributed by atoms with Crippen molar-refractivity contribution in [1.29, 1.82) is 0 Å². The van der Waals surface area contributed by atoms with E-state index < -0.39 is 17.5 Å². The number of urea groups is 1. The van der Waals surface area contributed by atoms with Gasteiger partial charge in [-0.15, -0.1) is 0 Å². The van der Waals surface area contributed by atoms with Crippen molar-refractivity contribution >= 4 is 22.9 Å². The summed E-state index contributed by atoms with van der Waals surface area (Å²) in [6.07, 6.45) is 2.66. The molecule has 1 aliphatic carbocycles. The number of fused-ring (bicyclic) bond motifs is 1. The molecule has 1 heterocycles. The Hall–Kier alpha value is -2.63. The quantitative estimate of drug-likeness (QED) is 0.796. The van der Waals surface area contributed by atoms with Gasteiger partial charge in [0, 0.05) is 18.1 Å². The van der Waals surface area contributed by atoms with Gasteiger partial charge in [0.25, 0.3) is 0 Å². The summed E-state index contributed by atoms with van der Waals surface area (Å²) < 4.78 is 0. The first kappa shape index (κ1) is 13.4. The summed E-state index contributed by atoms with van der Waals surface area (Å²) in [7, 11) is 0. The lowest BCUT2D eigenvalue weighted by molar-refractivity contribution is -0.140. The Morgan fingerprint density at radius 3 is 2.71 bits per heavy atom. The maximum absolute atomic E-state index is 11.8. The molecule has 6 heteroatoms. The molecule has 3 N–H and O–H groups in total. The third-order valence-corrected chi connectivity index (χ3v) is 3.67. The molecular formula is C15H15N3O3. The topological polar surface area (TPSA) is 91.3 Å². The minimum atomic E-state index is -1.07. The number of carbonyl (C=O) groups is 2. The predicted molar refractivity (Wildman–Crippen MR) is 76.7 cm³/mol. The van der Waals surface area contributed by atoms with Gasteiger partial charge in [0.1, 0.15) is 5.54 Å². The molecule has 0 bridgehead atoms. The standard InChI is InChI=1S/C15H15N3O3/c19-13(20)15(6-7-15)18-14(21)17-9-11-4-1-3-10-5-2-8-16-12(10)11/h1-5,8H,6-7,9H2,(H,19,20)(H2,17,18,21). The van der Waals surface area contributed by atoms with Crippen LogP contribution in [-0.4, -0.2) is 27.6 Å². The lowest BCUT2D eigenvalue weighted by Gasteiger charge is -2.13. The molecule has 0 saturated heterocycles.